The number of nitrogens with zero attached hydrogens (tertiary/aromatic N) is 1. The van der Waals surface area contributed by atoms with E-state index in [0.717, 1.165) is 9.35 Å². The number of hydrogen-bond acceptors (Lipinski definition) is 4. The van der Waals surface area contributed by atoms with Crippen LogP contribution in [0.3, 0.4) is 0 Å². The Morgan fingerprint density at radius 2 is 2.21 bits per heavy atom. The molecule has 2 rings (SSSR count). The van der Waals surface area contributed by atoms with Gasteiger partial charge in [0, 0.05) is 27.3 Å². The van der Waals surface area contributed by atoms with Crippen LogP contribution < -0.4 is 5.73 Å². The van der Waals surface area contributed by atoms with E-state index in [0.29, 0.717) is 12.1 Å². The molecule has 19 heavy (non-hydrogen) atoms. The van der Waals surface area contributed by atoms with Gasteiger partial charge in [-0.3, -0.25) is 4.79 Å². The molecule has 0 aliphatic heterocycles. The van der Waals surface area contributed by atoms with Gasteiger partial charge in [0.1, 0.15) is 5.75 Å². The summed E-state index contributed by atoms with van der Waals surface area (Å²) in [6.45, 7) is 0.528. The van der Waals surface area contributed by atoms with Crippen LogP contribution in [0, 0.1) is 0 Å². The SMILES string of the molecule is CN(Cc1cc(Br)cs1)C(=O)c1ccc(N)c(O)c1. The Labute approximate surface area is 123 Å². The van der Waals surface area contributed by atoms with E-state index < -0.39 is 0 Å². The maximum absolute atomic E-state index is 12.2. The highest BCUT2D eigenvalue weighted by Gasteiger charge is 2.14. The maximum atomic E-state index is 12.2. The molecule has 1 aromatic carbocycles. The monoisotopic (exact) mass is 340 g/mol. The van der Waals surface area contributed by atoms with Crippen LogP contribution >= 0.6 is 27.3 Å². The standard InChI is InChI=1S/C13H13BrN2O2S/c1-16(6-10-5-9(14)7-19-10)13(18)8-2-3-11(15)12(17)4-8/h2-5,7,17H,6,15H2,1H3. The molecule has 1 aromatic heterocycles. The van der Waals surface area contributed by atoms with Crippen molar-refractivity contribution in [2.45, 2.75) is 6.54 Å². The number of rotatable bonds is 3. The average molecular weight is 341 g/mol. The number of phenols is 1. The molecular formula is C13H13BrN2O2S. The van der Waals surface area contributed by atoms with Crippen molar-refractivity contribution >= 4 is 38.9 Å². The van der Waals surface area contributed by atoms with Gasteiger partial charge in [0.2, 0.25) is 0 Å². The quantitative estimate of drug-likeness (QED) is 0.666. The summed E-state index contributed by atoms with van der Waals surface area (Å²) in [5.41, 5.74) is 6.20. The van der Waals surface area contributed by atoms with Crippen LogP contribution in [0.25, 0.3) is 0 Å². The van der Waals surface area contributed by atoms with E-state index in [-0.39, 0.29) is 17.3 Å². The summed E-state index contributed by atoms with van der Waals surface area (Å²) in [5.74, 6) is -0.224. The van der Waals surface area contributed by atoms with Gasteiger partial charge in [0.15, 0.2) is 0 Å². The van der Waals surface area contributed by atoms with Crippen LogP contribution in [0.15, 0.2) is 34.1 Å². The number of halogens is 1. The highest BCUT2D eigenvalue weighted by atomic mass is 79.9. The van der Waals surface area contributed by atoms with Crippen LogP contribution in [0.1, 0.15) is 15.2 Å². The lowest BCUT2D eigenvalue weighted by Crippen LogP contribution is -2.25. The summed E-state index contributed by atoms with van der Waals surface area (Å²) in [7, 11) is 1.73. The van der Waals surface area contributed by atoms with Crippen LogP contribution in [-0.2, 0) is 6.54 Å². The lowest BCUT2D eigenvalue weighted by Gasteiger charge is -2.16. The zero-order valence-electron chi connectivity index (χ0n) is 10.3. The Morgan fingerprint density at radius 3 is 2.79 bits per heavy atom. The molecule has 0 saturated carbocycles. The molecule has 0 aliphatic carbocycles. The van der Waals surface area contributed by atoms with Crippen molar-refractivity contribution in [2.24, 2.45) is 0 Å². The van der Waals surface area contributed by atoms with Crippen molar-refractivity contribution < 1.29 is 9.90 Å². The van der Waals surface area contributed by atoms with Crippen molar-refractivity contribution in [3.63, 3.8) is 0 Å². The summed E-state index contributed by atoms with van der Waals surface area (Å²) < 4.78 is 1.01. The first kappa shape index (κ1) is 13.9. The number of nitrogens with two attached hydrogens (primary N) is 1. The Balaban J connectivity index is 2.12. The topological polar surface area (TPSA) is 66.6 Å². The summed E-state index contributed by atoms with van der Waals surface area (Å²) in [4.78, 5) is 14.9. The second-order valence-electron chi connectivity index (χ2n) is 4.17. The molecule has 0 saturated heterocycles. The first-order chi connectivity index (χ1) is 8.97. The minimum absolute atomic E-state index is 0.0712. The van der Waals surface area contributed by atoms with Gasteiger partial charge in [-0.25, -0.2) is 0 Å². The number of thiophene rings is 1. The predicted octanol–water partition coefficient (Wildman–Crippen LogP) is 3.07. The second kappa shape index (κ2) is 5.63. The third-order valence-corrected chi connectivity index (χ3v) is 4.32. The van der Waals surface area contributed by atoms with Gasteiger partial charge in [0.25, 0.3) is 5.91 Å². The summed E-state index contributed by atoms with van der Waals surface area (Å²) in [6, 6.07) is 6.50. The number of hydrogen-bond donors (Lipinski definition) is 2. The zero-order chi connectivity index (χ0) is 14.0. The van der Waals surface area contributed by atoms with Crippen LogP contribution in [0.5, 0.6) is 5.75 Å². The van der Waals surface area contributed by atoms with E-state index in [2.05, 4.69) is 15.9 Å². The van der Waals surface area contributed by atoms with E-state index in [1.807, 2.05) is 11.4 Å². The average Bonchev–Trinajstić information content (AvgIpc) is 2.77. The molecule has 6 heteroatoms. The van der Waals surface area contributed by atoms with E-state index >= 15 is 0 Å². The van der Waals surface area contributed by atoms with Crippen molar-refractivity contribution in [3.8, 4) is 5.75 Å². The number of aromatic hydroxyl groups is 1. The van der Waals surface area contributed by atoms with Gasteiger partial charge in [-0.05, 0) is 40.2 Å². The summed E-state index contributed by atoms with van der Waals surface area (Å²) in [6.07, 6.45) is 0. The van der Waals surface area contributed by atoms with Gasteiger partial charge in [-0.2, -0.15) is 0 Å². The minimum atomic E-state index is -0.153. The largest absolute Gasteiger partial charge is 0.506 e. The summed E-state index contributed by atoms with van der Waals surface area (Å²) in [5, 5.41) is 11.5. The van der Waals surface area contributed by atoms with E-state index in [4.69, 9.17) is 5.73 Å². The molecule has 0 aliphatic rings. The normalized spacial score (nSPS) is 10.4. The molecule has 3 N–H and O–H groups in total. The van der Waals surface area contributed by atoms with Gasteiger partial charge < -0.3 is 15.7 Å². The van der Waals surface area contributed by atoms with Gasteiger partial charge in [0.05, 0.1) is 12.2 Å². The third-order valence-electron chi connectivity index (χ3n) is 2.64. The Bertz CT molecular complexity index is 612. The van der Waals surface area contributed by atoms with Crippen molar-refractivity contribution in [1.82, 2.24) is 4.90 Å². The number of phenolic OH excluding ortho intramolecular Hbond substituents is 1. The molecule has 0 fully saturated rings. The molecule has 0 radical (unpaired) electrons. The fourth-order valence-corrected chi connectivity index (χ4v) is 3.14. The van der Waals surface area contributed by atoms with Crippen molar-refractivity contribution in [1.29, 1.82) is 0 Å². The minimum Gasteiger partial charge on any atom is -0.506 e. The Kier molecular flexibility index (Phi) is 4.11. The fourth-order valence-electron chi connectivity index (χ4n) is 1.64. The number of carbonyl (C=O) groups excluding carboxylic acids is 1. The maximum Gasteiger partial charge on any atom is 0.254 e. The van der Waals surface area contributed by atoms with Crippen molar-refractivity contribution in [2.75, 3.05) is 12.8 Å². The number of amides is 1. The van der Waals surface area contributed by atoms with Crippen LogP contribution in [-0.4, -0.2) is 23.0 Å². The number of anilines is 1. The Morgan fingerprint density at radius 1 is 1.47 bits per heavy atom. The molecule has 4 nitrogen and oxygen atoms in total. The van der Waals surface area contributed by atoms with Crippen molar-refractivity contribution in [3.05, 3.63) is 44.6 Å². The first-order valence-electron chi connectivity index (χ1n) is 5.54. The van der Waals surface area contributed by atoms with Gasteiger partial charge >= 0.3 is 0 Å². The number of carbonyl (C=O) groups is 1. The Hall–Kier alpha value is -1.53. The molecule has 1 heterocycles. The highest BCUT2D eigenvalue weighted by molar-refractivity contribution is 9.10. The van der Waals surface area contributed by atoms with Crippen LogP contribution in [0.4, 0.5) is 5.69 Å². The molecule has 0 unspecified atom stereocenters. The molecule has 0 bridgehead atoms. The van der Waals surface area contributed by atoms with Crippen LogP contribution in [0.2, 0.25) is 0 Å². The molecule has 2 aromatic rings. The first-order valence-corrected chi connectivity index (χ1v) is 7.21. The smallest absolute Gasteiger partial charge is 0.254 e. The fraction of sp³-hybridized carbons (Fsp3) is 0.154. The number of benzene rings is 1. The van der Waals surface area contributed by atoms with E-state index in [1.165, 1.54) is 12.1 Å². The number of nitrogen functional groups attached to an aromatic ring is 1. The van der Waals surface area contributed by atoms with Gasteiger partial charge in [-0.1, -0.05) is 0 Å². The lowest BCUT2D eigenvalue weighted by molar-refractivity contribution is 0.0786. The second-order valence-corrected chi connectivity index (χ2v) is 6.08. The van der Waals surface area contributed by atoms with E-state index in [1.54, 1.807) is 29.4 Å². The predicted molar refractivity (Wildman–Crippen MR) is 80.3 cm³/mol. The molecule has 100 valence electrons. The molecule has 1 amide bonds. The molecule has 0 spiro atoms. The van der Waals surface area contributed by atoms with Gasteiger partial charge in [-0.15, -0.1) is 11.3 Å². The third kappa shape index (κ3) is 3.27. The molecular weight excluding hydrogens is 328 g/mol. The van der Waals surface area contributed by atoms with E-state index in [9.17, 15) is 9.90 Å². The zero-order valence-corrected chi connectivity index (χ0v) is 12.7. The summed E-state index contributed by atoms with van der Waals surface area (Å²) >= 11 is 4.97. The highest BCUT2D eigenvalue weighted by Crippen LogP contribution is 2.23. The lowest BCUT2D eigenvalue weighted by atomic mass is 10.1. The molecule has 0 atom stereocenters.